The van der Waals surface area contributed by atoms with Crippen molar-refractivity contribution in [2.24, 2.45) is 0 Å². The van der Waals surface area contributed by atoms with Crippen LogP contribution in [0.3, 0.4) is 0 Å². The molecule has 0 spiro atoms. The highest BCUT2D eigenvalue weighted by Gasteiger charge is 2.19. The summed E-state index contributed by atoms with van der Waals surface area (Å²) in [7, 11) is 0. The fourth-order valence-corrected chi connectivity index (χ4v) is 3.16. The van der Waals surface area contributed by atoms with E-state index in [1.807, 2.05) is 12.1 Å². The van der Waals surface area contributed by atoms with Gasteiger partial charge in [0, 0.05) is 51.2 Å². The zero-order chi connectivity index (χ0) is 16.1. The third kappa shape index (κ3) is 4.20. The number of hydrogen-bond donors (Lipinski definition) is 1. The molecular formula is C17H26N4O2. The van der Waals surface area contributed by atoms with E-state index in [1.165, 1.54) is 0 Å². The Kier molecular flexibility index (Phi) is 5.46. The summed E-state index contributed by atoms with van der Waals surface area (Å²) in [6.07, 6.45) is 3.99. The van der Waals surface area contributed by atoms with Crippen molar-refractivity contribution in [2.75, 3.05) is 50.8 Å². The number of carbonyl (C=O) groups is 1. The number of likely N-dealkylation sites (N-methyl/N-ethyl adjacent to an activating group) is 1. The van der Waals surface area contributed by atoms with E-state index >= 15 is 0 Å². The van der Waals surface area contributed by atoms with Crippen LogP contribution in [-0.4, -0.2) is 67.8 Å². The highest BCUT2D eigenvalue weighted by atomic mass is 16.5. The van der Waals surface area contributed by atoms with Gasteiger partial charge in [-0.15, -0.1) is 0 Å². The van der Waals surface area contributed by atoms with Gasteiger partial charge in [0.25, 0.3) is 5.91 Å². The molecular weight excluding hydrogens is 292 g/mol. The van der Waals surface area contributed by atoms with Gasteiger partial charge in [0.2, 0.25) is 0 Å². The molecule has 23 heavy (non-hydrogen) atoms. The molecule has 1 unspecified atom stereocenters. The Labute approximate surface area is 137 Å². The molecule has 1 N–H and O–H groups in total. The lowest BCUT2D eigenvalue weighted by molar-refractivity contribution is 0.0853. The molecule has 2 fully saturated rings. The molecule has 1 aromatic heterocycles. The molecule has 2 aliphatic heterocycles. The van der Waals surface area contributed by atoms with Gasteiger partial charge in [-0.2, -0.15) is 0 Å². The van der Waals surface area contributed by atoms with E-state index in [1.54, 1.807) is 6.20 Å². The fraction of sp³-hybridized carbons (Fsp3) is 0.647. The minimum atomic E-state index is -0.116. The Morgan fingerprint density at radius 2 is 2.22 bits per heavy atom. The predicted octanol–water partition coefficient (Wildman–Crippen LogP) is 1.13. The van der Waals surface area contributed by atoms with Crippen LogP contribution < -0.4 is 10.2 Å². The van der Waals surface area contributed by atoms with E-state index in [9.17, 15) is 4.79 Å². The third-order valence-electron chi connectivity index (χ3n) is 4.68. The quantitative estimate of drug-likeness (QED) is 0.882. The molecule has 0 aromatic carbocycles. The van der Waals surface area contributed by atoms with Crippen molar-refractivity contribution in [1.82, 2.24) is 15.2 Å². The topological polar surface area (TPSA) is 57.7 Å². The van der Waals surface area contributed by atoms with Crippen molar-refractivity contribution in [3.05, 3.63) is 24.0 Å². The van der Waals surface area contributed by atoms with Gasteiger partial charge in [0.15, 0.2) is 0 Å². The highest BCUT2D eigenvalue weighted by Crippen LogP contribution is 2.17. The van der Waals surface area contributed by atoms with Crippen molar-refractivity contribution in [3.8, 4) is 0 Å². The van der Waals surface area contributed by atoms with Crippen LogP contribution >= 0.6 is 0 Å². The van der Waals surface area contributed by atoms with Crippen LogP contribution in [-0.2, 0) is 4.74 Å². The first-order valence-corrected chi connectivity index (χ1v) is 8.59. The molecule has 2 saturated heterocycles. The number of pyridine rings is 1. The van der Waals surface area contributed by atoms with E-state index < -0.39 is 0 Å². The molecule has 0 bridgehead atoms. The van der Waals surface area contributed by atoms with Crippen molar-refractivity contribution < 1.29 is 9.53 Å². The number of nitrogens with zero attached hydrogens (tertiary/aromatic N) is 3. The van der Waals surface area contributed by atoms with Gasteiger partial charge in [0.1, 0.15) is 5.69 Å². The number of nitrogens with one attached hydrogen (secondary N) is 1. The number of amides is 1. The Morgan fingerprint density at radius 1 is 1.39 bits per heavy atom. The van der Waals surface area contributed by atoms with Crippen LogP contribution in [0.5, 0.6) is 0 Å². The van der Waals surface area contributed by atoms with Crippen LogP contribution in [0.4, 0.5) is 5.69 Å². The lowest BCUT2D eigenvalue weighted by Gasteiger charge is -2.35. The normalized spacial score (nSPS) is 22.3. The molecule has 126 valence electrons. The molecule has 3 heterocycles. The summed E-state index contributed by atoms with van der Waals surface area (Å²) >= 11 is 0. The third-order valence-corrected chi connectivity index (χ3v) is 4.68. The van der Waals surface area contributed by atoms with Gasteiger partial charge in [0.05, 0.1) is 6.10 Å². The van der Waals surface area contributed by atoms with Gasteiger partial charge in [-0.05, 0) is 31.5 Å². The zero-order valence-electron chi connectivity index (χ0n) is 13.8. The Bertz CT molecular complexity index is 523. The van der Waals surface area contributed by atoms with Crippen LogP contribution in [0.2, 0.25) is 0 Å². The number of rotatable bonds is 5. The lowest BCUT2D eigenvalue weighted by Crippen LogP contribution is -2.46. The summed E-state index contributed by atoms with van der Waals surface area (Å²) in [5, 5.41) is 2.93. The summed E-state index contributed by atoms with van der Waals surface area (Å²) in [6.45, 7) is 8.79. The molecule has 6 nitrogen and oxygen atoms in total. The molecule has 1 aromatic rings. The Morgan fingerprint density at radius 3 is 2.91 bits per heavy atom. The maximum Gasteiger partial charge on any atom is 0.270 e. The molecule has 1 amide bonds. The van der Waals surface area contributed by atoms with Gasteiger partial charge in [-0.3, -0.25) is 9.78 Å². The zero-order valence-corrected chi connectivity index (χ0v) is 13.8. The van der Waals surface area contributed by atoms with Crippen molar-refractivity contribution in [1.29, 1.82) is 0 Å². The van der Waals surface area contributed by atoms with Crippen LogP contribution in [0.25, 0.3) is 0 Å². The predicted molar refractivity (Wildman–Crippen MR) is 89.9 cm³/mol. The Hall–Kier alpha value is -1.66. The first kappa shape index (κ1) is 16.2. The summed E-state index contributed by atoms with van der Waals surface area (Å²) in [4.78, 5) is 21.3. The molecule has 3 rings (SSSR count). The first-order valence-electron chi connectivity index (χ1n) is 8.59. The van der Waals surface area contributed by atoms with E-state index in [4.69, 9.17) is 4.74 Å². The maximum atomic E-state index is 12.3. The summed E-state index contributed by atoms with van der Waals surface area (Å²) < 4.78 is 5.53. The van der Waals surface area contributed by atoms with Crippen LogP contribution in [0.1, 0.15) is 30.3 Å². The molecule has 1 atom stereocenters. The SMILES string of the molecule is CCN1CCN(c2ccnc(C(=O)NCC3CCCO3)c2)CC1. The molecule has 6 heteroatoms. The summed E-state index contributed by atoms with van der Waals surface area (Å²) in [5.74, 6) is -0.116. The Balaban J connectivity index is 1.57. The number of aromatic nitrogens is 1. The monoisotopic (exact) mass is 318 g/mol. The fourth-order valence-electron chi connectivity index (χ4n) is 3.16. The highest BCUT2D eigenvalue weighted by molar-refractivity contribution is 5.93. The van der Waals surface area contributed by atoms with Crippen molar-refractivity contribution >= 4 is 11.6 Å². The summed E-state index contributed by atoms with van der Waals surface area (Å²) in [6, 6.07) is 3.88. The number of anilines is 1. The minimum Gasteiger partial charge on any atom is -0.376 e. The average molecular weight is 318 g/mol. The largest absolute Gasteiger partial charge is 0.376 e. The maximum absolute atomic E-state index is 12.3. The number of hydrogen-bond acceptors (Lipinski definition) is 5. The second kappa shape index (κ2) is 7.75. The van der Waals surface area contributed by atoms with E-state index in [0.717, 1.165) is 57.9 Å². The van der Waals surface area contributed by atoms with Crippen molar-refractivity contribution in [3.63, 3.8) is 0 Å². The number of ether oxygens (including phenoxy) is 1. The number of carbonyl (C=O) groups excluding carboxylic acids is 1. The van der Waals surface area contributed by atoms with Gasteiger partial charge < -0.3 is 19.9 Å². The van der Waals surface area contributed by atoms with Crippen LogP contribution in [0.15, 0.2) is 18.3 Å². The van der Waals surface area contributed by atoms with E-state index in [2.05, 4.69) is 27.0 Å². The second-order valence-electron chi connectivity index (χ2n) is 6.17. The van der Waals surface area contributed by atoms with E-state index in [0.29, 0.717) is 12.2 Å². The summed E-state index contributed by atoms with van der Waals surface area (Å²) in [5.41, 5.74) is 1.57. The van der Waals surface area contributed by atoms with E-state index in [-0.39, 0.29) is 12.0 Å². The van der Waals surface area contributed by atoms with Gasteiger partial charge >= 0.3 is 0 Å². The number of piperazine rings is 1. The van der Waals surface area contributed by atoms with Crippen LogP contribution in [0, 0.1) is 0 Å². The van der Waals surface area contributed by atoms with Gasteiger partial charge in [-0.1, -0.05) is 6.92 Å². The molecule has 0 saturated carbocycles. The standard InChI is InChI=1S/C17H26N4O2/c1-2-20-7-9-21(10-8-20)14-5-6-18-16(12-14)17(22)19-13-15-4-3-11-23-15/h5-6,12,15H,2-4,7-11,13H2,1H3,(H,19,22). The first-order chi connectivity index (χ1) is 11.3. The van der Waals surface area contributed by atoms with Crippen molar-refractivity contribution in [2.45, 2.75) is 25.9 Å². The smallest absolute Gasteiger partial charge is 0.270 e. The van der Waals surface area contributed by atoms with Gasteiger partial charge in [-0.25, -0.2) is 0 Å². The average Bonchev–Trinajstić information content (AvgIpc) is 3.13. The molecule has 0 radical (unpaired) electrons. The minimum absolute atomic E-state index is 0.116. The second-order valence-corrected chi connectivity index (χ2v) is 6.17. The lowest BCUT2D eigenvalue weighted by atomic mass is 10.2. The molecule has 0 aliphatic carbocycles. The molecule has 2 aliphatic rings.